The van der Waals surface area contributed by atoms with E-state index in [0.29, 0.717) is 0 Å². The van der Waals surface area contributed by atoms with Gasteiger partial charge in [0.25, 0.3) is 5.82 Å². The van der Waals surface area contributed by atoms with Crippen LogP contribution in [0, 0.1) is 0 Å². The Kier molecular flexibility index (Phi) is 5.12. The quantitative estimate of drug-likeness (QED) is 0.625. The Morgan fingerprint density at radius 2 is 2.00 bits per heavy atom. The van der Waals surface area contributed by atoms with E-state index < -0.39 is 23.7 Å². The predicted octanol–water partition coefficient (Wildman–Crippen LogP) is 0.870. The van der Waals surface area contributed by atoms with Crippen LogP contribution in [0.1, 0.15) is 13.3 Å². The lowest BCUT2D eigenvalue weighted by atomic mass is 10.1. The summed E-state index contributed by atoms with van der Waals surface area (Å²) >= 11 is 0. The molecule has 0 fully saturated rings. The summed E-state index contributed by atoms with van der Waals surface area (Å²) in [6.07, 6.45) is -3.98. The minimum atomic E-state index is -5.12. The molecule has 1 rings (SSSR count). The van der Waals surface area contributed by atoms with Crippen molar-refractivity contribution in [3.8, 4) is 0 Å². The number of amides is 1. The van der Waals surface area contributed by atoms with E-state index in [2.05, 4.69) is 9.72 Å². The molecule has 0 aromatic carbocycles. The van der Waals surface area contributed by atoms with E-state index in [0.717, 1.165) is 7.11 Å². The first-order valence-electron chi connectivity index (χ1n) is 5.98. The number of carbonyl (C=O) groups is 2. The Hall–Kier alpha value is -2.32. The van der Waals surface area contributed by atoms with Gasteiger partial charge in [-0.1, -0.05) is 13.0 Å². The fourth-order valence-electron chi connectivity index (χ4n) is 1.51. The van der Waals surface area contributed by atoms with E-state index in [9.17, 15) is 22.8 Å². The van der Waals surface area contributed by atoms with Crippen LogP contribution in [-0.4, -0.2) is 30.8 Å². The van der Waals surface area contributed by atoms with Crippen LogP contribution in [0.2, 0.25) is 0 Å². The summed E-state index contributed by atoms with van der Waals surface area (Å²) in [5.74, 6) is -2.74. The lowest BCUT2D eigenvalue weighted by Crippen LogP contribution is -2.69. The molecule has 9 heteroatoms. The molecule has 1 aromatic heterocycles. The van der Waals surface area contributed by atoms with E-state index in [1.807, 2.05) is 5.32 Å². The number of aromatic amines is 1. The van der Waals surface area contributed by atoms with Gasteiger partial charge in [-0.3, -0.25) is 10.1 Å². The molecule has 0 spiro atoms. The van der Waals surface area contributed by atoms with Crippen molar-refractivity contribution >= 4 is 17.7 Å². The van der Waals surface area contributed by atoms with Crippen molar-refractivity contribution in [2.45, 2.75) is 25.2 Å². The Morgan fingerprint density at radius 3 is 2.43 bits per heavy atom. The van der Waals surface area contributed by atoms with Gasteiger partial charge in [0.1, 0.15) is 0 Å². The highest BCUT2D eigenvalue weighted by Gasteiger charge is 2.67. The van der Waals surface area contributed by atoms with Crippen LogP contribution >= 0.6 is 0 Å². The van der Waals surface area contributed by atoms with E-state index in [-0.39, 0.29) is 12.2 Å². The van der Waals surface area contributed by atoms with Crippen LogP contribution in [0.15, 0.2) is 24.4 Å². The summed E-state index contributed by atoms with van der Waals surface area (Å²) in [6.45, 7) is 1.36. The predicted molar refractivity (Wildman–Crippen MR) is 65.9 cm³/mol. The second-order valence-electron chi connectivity index (χ2n) is 4.04. The van der Waals surface area contributed by atoms with E-state index in [4.69, 9.17) is 0 Å². The zero-order valence-electron chi connectivity index (χ0n) is 11.4. The number of hydrogen-bond donors (Lipinski definition) is 2. The average molecular weight is 306 g/mol. The SMILES string of the molecule is CCC(=O)N[C@@](Nc1cccc[nH+]1)(C(=O)OC)C(F)(F)F. The minimum Gasteiger partial charge on any atom is -0.464 e. The molecule has 0 saturated carbocycles. The Labute approximate surface area is 118 Å². The second-order valence-corrected chi connectivity index (χ2v) is 4.04. The molecule has 6 nitrogen and oxygen atoms in total. The monoisotopic (exact) mass is 306 g/mol. The first kappa shape index (κ1) is 16.7. The normalized spacial score (nSPS) is 14.0. The molecular weight excluding hydrogens is 291 g/mol. The van der Waals surface area contributed by atoms with E-state index in [1.165, 1.54) is 25.3 Å². The average Bonchev–Trinajstić information content (AvgIpc) is 2.45. The number of H-pyrrole nitrogens is 1. The number of hydrogen-bond acceptors (Lipinski definition) is 4. The largest absolute Gasteiger partial charge is 0.464 e. The summed E-state index contributed by atoms with van der Waals surface area (Å²) in [4.78, 5) is 25.6. The molecule has 1 aromatic rings. The minimum absolute atomic E-state index is 0.114. The van der Waals surface area contributed by atoms with Gasteiger partial charge in [0.15, 0.2) is 0 Å². The van der Waals surface area contributed by atoms with Crippen LogP contribution in [0.3, 0.4) is 0 Å². The first-order valence-corrected chi connectivity index (χ1v) is 5.98. The number of carbonyl (C=O) groups excluding carboxylic acids is 2. The number of anilines is 1. The van der Waals surface area contributed by atoms with Gasteiger partial charge in [0.05, 0.1) is 13.3 Å². The highest BCUT2D eigenvalue weighted by Crippen LogP contribution is 2.32. The number of aromatic nitrogens is 1. The molecule has 0 aliphatic carbocycles. The van der Waals surface area contributed by atoms with Crippen molar-refractivity contribution in [2.24, 2.45) is 0 Å². The number of halogens is 3. The molecule has 0 unspecified atom stereocenters. The summed E-state index contributed by atoms with van der Waals surface area (Å²) in [6, 6.07) is 4.28. The first-order chi connectivity index (χ1) is 9.76. The molecule has 3 N–H and O–H groups in total. The maximum absolute atomic E-state index is 13.4. The summed E-state index contributed by atoms with van der Waals surface area (Å²) in [7, 11) is 0.803. The number of nitrogens with one attached hydrogen (secondary N) is 3. The standard InChI is InChI=1S/C12H14F3N3O3/c1-3-9(19)18-11(10(20)21-2,12(13,14)15)17-8-6-4-5-7-16-8/h4-7H,3H2,1-2H3,(H,16,17)(H,18,19)/p+1/t11-/m0/s1. The second kappa shape index (κ2) is 6.42. The molecule has 21 heavy (non-hydrogen) atoms. The van der Waals surface area contributed by atoms with Gasteiger partial charge < -0.3 is 4.74 Å². The van der Waals surface area contributed by atoms with Gasteiger partial charge in [-0.15, -0.1) is 0 Å². The third-order valence-electron chi connectivity index (χ3n) is 2.60. The van der Waals surface area contributed by atoms with Crippen molar-refractivity contribution in [3.05, 3.63) is 24.4 Å². The third kappa shape index (κ3) is 3.61. The number of rotatable bonds is 5. The van der Waals surface area contributed by atoms with Gasteiger partial charge in [-0.25, -0.2) is 15.1 Å². The van der Waals surface area contributed by atoms with Crippen LogP contribution in [0.4, 0.5) is 19.0 Å². The van der Waals surface area contributed by atoms with Crippen LogP contribution in [0.5, 0.6) is 0 Å². The van der Waals surface area contributed by atoms with Crippen molar-refractivity contribution in [1.82, 2.24) is 5.32 Å². The maximum atomic E-state index is 13.4. The van der Waals surface area contributed by atoms with Crippen LogP contribution in [0.25, 0.3) is 0 Å². The smallest absolute Gasteiger partial charge is 0.464 e. The lowest BCUT2D eigenvalue weighted by molar-refractivity contribution is -0.363. The molecule has 0 aliphatic heterocycles. The van der Waals surface area contributed by atoms with Gasteiger partial charge in [0.2, 0.25) is 5.91 Å². The molecule has 1 amide bonds. The van der Waals surface area contributed by atoms with E-state index >= 15 is 0 Å². The number of pyridine rings is 1. The lowest BCUT2D eigenvalue weighted by Gasteiger charge is -2.30. The Bertz CT molecular complexity index is 507. The molecule has 0 radical (unpaired) electrons. The number of ether oxygens (including phenoxy) is 1. The fraction of sp³-hybridized carbons (Fsp3) is 0.417. The van der Waals surface area contributed by atoms with Crippen molar-refractivity contribution < 1.29 is 32.5 Å². The number of methoxy groups -OCH3 is 1. The maximum Gasteiger partial charge on any atom is 0.464 e. The van der Waals surface area contributed by atoms with Gasteiger partial charge >= 0.3 is 17.8 Å². The number of alkyl halides is 3. The molecule has 0 bridgehead atoms. The van der Waals surface area contributed by atoms with Gasteiger partial charge in [0, 0.05) is 12.5 Å². The molecule has 1 heterocycles. The van der Waals surface area contributed by atoms with Crippen LogP contribution < -0.4 is 15.6 Å². The van der Waals surface area contributed by atoms with Gasteiger partial charge in [-0.05, 0) is 6.07 Å². The Morgan fingerprint density at radius 1 is 1.33 bits per heavy atom. The Balaban J connectivity index is 3.29. The van der Waals surface area contributed by atoms with Crippen molar-refractivity contribution in [3.63, 3.8) is 0 Å². The summed E-state index contributed by atoms with van der Waals surface area (Å²) in [5.41, 5.74) is -3.37. The third-order valence-corrected chi connectivity index (χ3v) is 2.60. The zero-order chi connectivity index (χ0) is 16.1. The highest BCUT2D eigenvalue weighted by atomic mass is 19.4. The molecule has 116 valence electrons. The molecule has 0 aliphatic rings. The fourth-order valence-corrected chi connectivity index (χ4v) is 1.51. The zero-order valence-corrected chi connectivity index (χ0v) is 11.4. The molecule has 1 atom stereocenters. The topological polar surface area (TPSA) is 81.6 Å². The van der Waals surface area contributed by atoms with Gasteiger partial charge in [-0.2, -0.15) is 13.2 Å². The van der Waals surface area contributed by atoms with E-state index in [1.54, 1.807) is 11.4 Å². The van der Waals surface area contributed by atoms with Crippen LogP contribution in [-0.2, 0) is 14.3 Å². The number of esters is 1. The summed E-state index contributed by atoms with van der Waals surface area (Å²) < 4.78 is 44.4. The molecule has 0 saturated heterocycles. The highest BCUT2D eigenvalue weighted by molar-refractivity contribution is 5.90. The van der Waals surface area contributed by atoms with Crippen molar-refractivity contribution in [2.75, 3.05) is 12.4 Å². The van der Waals surface area contributed by atoms with Crippen molar-refractivity contribution in [1.29, 1.82) is 0 Å². The molecular formula is C12H15F3N3O3+. The summed E-state index contributed by atoms with van der Waals surface area (Å²) in [5, 5.41) is 3.61.